The molecule has 1 aliphatic rings. The molecule has 0 saturated heterocycles. The predicted octanol–water partition coefficient (Wildman–Crippen LogP) is 3.24. The van der Waals surface area contributed by atoms with Crippen LogP contribution in [0.15, 0.2) is 48.5 Å². The summed E-state index contributed by atoms with van der Waals surface area (Å²) in [5.41, 5.74) is 4.28. The third-order valence-corrected chi connectivity index (χ3v) is 5.33. The molecule has 0 bridgehead atoms. The minimum Gasteiger partial charge on any atom is -0.336 e. The van der Waals surface area contributed by atoms with E-state index in [1.165, 1.54) is 18.1 Å². The van der Waals surface area contributed by atoms with E-state index in [9.17, 15) is 9.59 Å². The first kappa shape index (κ1) is 19.9. The molecule has 0 radical (unpaired) electrons. The molecule has 0 fully saturated rings. The van der Waals surface area contributed by atoms with Gasteiger partial charge in [0.2, 0.25) is 5.91 Å². The summed E-state index contributed by atoms with van der Waals surface area (Å²) in [5.74, 6) is -0.0345. The summed E-state index contributed by atoms with van der Waals surface area (Å²) < 4.78 is 0. The van der Waals surface area contributed by atoms with E-state index in [-0.39, 0.29) is 18.0 Å². The summed E-state index contributed by atoms with van der Waals surface area (Å²) in [4.78, 5) is 27.6. The maximum Gasteiger partial charge on any atom is 0.319 e. The fourth-order valence-electron chi connectivity index (χ4n) is 3.39. The molecular formula is C22H28N4O2. The number of hydrogen-bond acceptors (Lipinski definition) is 3. The minimum atomic E-state index is -0.225. The minimum absolute atomic E-state index is 0.0345. The lowest BCUT2D eigenvalue weighted by atomic mass is 9.99. The summed E-state index contributed by atoms with van der Waals surface area (Å²) in [6.45, 7) is 6.17. The van der Waals surface area contributed by atoms with Gasteiger partial charge in [-0.2, -0.15) is 0 Å². The molecule has 2 aromatic rings. The molecule has 6 nitrogen and oxygen atoms in total. The van der Waals surface area contributed by atoms with Gasteiger partial charge in [-0.05, 0) is 48.7 Å². The second-order valence-electron chi connectivity index (χ2n) is 7.30. The average molecular weight is 380 g/mol. The number of nitrogens with one attached hydrogen (secondary N) is 2. The van der Waals surface area contributed by atoms with Gasteiger partial charge in [-0.1, -0.05) is 24.3 Å². The fraction of sp³-hybridized carbons (Fsp3) is 0.364. The average Bonchev–Trinajstić information content (AvgIpc) is 2.71. The number of rotatable bonds is 5. The number of carbonyl (C=O) groups excluding carboxylic acids is 2. The van der Waals surface area contributed by atoms with Crippen molar-refractivity contribution < 1.29 is 9.59 Å². The van der Waals surface area contributed by atoms with Gasteiger partial charge in [0.1, 0.15) is 0 Å². The number of nitrogens with zero attached hydrogens (tertiary/aromatic N) is 2. The Bertz CT molecular complexity index is 835. The zero-order valence-corrected chi connectivity index (χ0v) is 16.7. The van der Waals surface area contributed by atoms with E-state index < -0.39 is 0 Å². The molecular weight excluding hydrogens is 352 g/mol. The van der Waals surface area contributed by atoms with Crippen LogP contribution in [0.25, 0.3) is 0 Å². The Morgan fingerprint density at radius 2 is 1.79 bits per heavy atom. The number of urea groups is 1. The van der Waals surface area contributed by atoms with Gasteiger partial charge in [0.05, 0.1) is 0 Å². The van der Waals surface area contributed by atoms with Crippen LogP contribution in [0.1, 0.15) is 25.0 Å². The van der Waals surface area contributed by atoms with Crippen molar-refractivity contribution >= 4 is 23.3 Å². The van der Waals surface area contributed by atoms with Crippen LogP contribution in [0.5, 0.6) is 0 Å². The van der Waals surface area contributed by atoms with E-state index >= 15 is 0 Å². The summed E-state index contributed by atoms with van der Waals surface area (Å²) in [7, 11) is 1.72. The van der Waals surface area contributed by atoms with Crippen LogP contribution in [0.2, 0.25) is 0 Å². The normalized spacial score (nSPS) is 14.7. The van der Waals surface area contributed by atoms with Crippen molar-refractivity contribution in [3.8, 4) is 0 Å². The lowest BCUT2D eigenvalue weighted by molar-refractivity contribution is -0.116. The van der Waals surface area contributed by atoms with Gasteiger partial charge in [-0.25, -0.2) is 4.79 Å². The largest absolute Gasteiger partial charge is 0.336 e. The van der Waals surface area contributed by atoms with Gasteiger partial charge in [-0.15, -0.1) is 0 Å². The fourth-order valence-corrected chi connectivity index (χ4v) is 3.39. The van der Waals surface area contributed by atoms with E-state index in [1.807, 2.05) is 12.1 Å². The van der Waals surface area contributed by atoms with Crippen molar-refractivity contribution in [1.29, 1.82) is 0 Å². The third-order valence-electron chi connectivity index (χ3n) is 5.33. The second-order valence-corrected chi connectivity index (χ2v) is 7.30. The Hall–Kier alpha value is -2.86. The highest BCUT2D eigenvalue weighted by Gasteiger charge is 2.20. The molecule has 1 unspecified atom stereocenters. The molecule has 0 aliphatic carbocycles. The first-order valence-electron chi connectivity index (χ1n) is 9.64. The molecule has 28 heavy (non-hydrogen) atoms. The highest BCUT2D eigenvalue weighted by Crippen LogP contribution is 2.20. The van der Waals surface area contributed by atoms with Gasteiger partial charge < -0.3 is 15.5 Å². The molecule has 2 aromatic carbocycles. The van der Waals surface area contributed by atoms with Crippen molar-refractivity contribution in [1.82, 2.24) is 10.2 Å². The number of carbonyl (C=O) groups is 2. The zero-order chi connectivity index (χ0) is 20.1. The van der Waals surface area contributed by atoms with Crippen molar-refractivity contribution in [2.45, 2.75) is 32.9 Å². The summed E-state index contributed by atoms with van der Waals surface area (Å²) in [6.07, 6.45) is 1.05. The second kappa shape index (κ2) is 8.89. The van der Waals surface area contributed by atoms with E-state index in [4.69, 9.17) is 0 Å². The maximum absolute atomic E-state index is 12.2. The van der Waals surface area contributed by atoms with Crippen LogP contribution < -0.4 is 15.5 Å². The Balaban J connectivity index is 1.47. The first-order chi connectivity index (χ1) is 13.4. The number of hydrogen-bond donors (Lipinski definition) is 2. The van der Waals surface area contributed by atoms with Crippen molar-refractivity contribution in [2.75, 3.05) is 30.4 Å². The highest BCUT2D eigenvalue weighted by atomic mass is 16.2. The van der Waals surface area contributed by atoms with Crippen LogP contribution in [0.4, 0.5) is 16.2 Å². The number of fused-ring (bicyclic) bond motifs is 1. The Morgan fingerprint density at radius 3 is 2.46 bits per heavy atom. The SMILES string of the molecule is CC(=O)N(C)c1ccc(NC(=O)NCC(C)N2CCc3ccccc3C2)cc1. The Morgan fingerprint density at radius 1 is 1.11 bits per heavy atom. The van der Waals surface area contributed by atoms with Crippen LogP contribution >= 0.6 is 0 Å². The smallest absolute Gasteiger partial charge is 0.319 e. The molecule has 0 aromatic heterocycles. The van der Waals surface area contributed by atoms with Crippen molar-refractivity contribution in [3.63, 3.8) is 0 Å². The molecule has 1 aliphatic heterocycles. The van der Waals surface area contributed by atoms with Crippen LogP contribution in [0.3, 0.4) is 0 Å². The van der Waals surface area contributed by atoms with Crippen LogP contribution in [-0.4, -0.2) is 43.0 Å². The molecule has 0 spiro atoms. The van der Waals surface area contributed by atoms with E-state index in [2.05, 4.69) is 46.7 Å². The molecule has 3 rings (SSSR count). The van der Waals surface area contributed by atoms with Crippen molar-refractivity contribution in [3.05, 3.63) is 59.7 Å². The zero-order valence-electron chi connectivity index (χ0n) is 16.7. The maximum atomic E-state index is 12.2. The Labute approximate surface area is 166 Å². The van der Waals surface area contributed by atoms with E-state index in [0.717, 1.165) is 25.2 Å². The lowest BCUT2D eigenvalue weighted by Gasteiger charge is -2.33. The highest BCUT2D eigenvalue weighted by molar-refractivity contribution is 5.92. The monoisotopic (exact) mass is 380 g/mol. The third kappa shape index (κ3) is 4.89. The summed E-state index contributed by atoms with van der Waals surface area (Å²) in [6, 6.07) is 15.8. The molecule has 3 amide bonds. The topological polar surface area (TPSA) is 64.7 Å². The van der Waals surface area contributed by atoms with Gasteiger partial charge in [0.25, 0.3) is 0 Å². The van der Waals surface area contributed by atoms with Crippen molar-refractivity contribution in [2.24, 2.45) is 0 Å². The van der Waals surface area contributed by atoms with Gasteiger partial charge in [-0.3, -0.25) is 9.69 Å². The molecule has 148 valence electrons. The standard InChI is InChI=1S/C22H28N4O2/c1-16(26-13-12-18-6-4-5-7-19(18)15-26)14-23-22(28)24-20-8-10-21(11-9-20)25(3)17(2)27/h4-11,16H,12-15H2,1-3H3,(H2,23,24,28). The van der Waals surface area contributed by atoms with E-state index in [1.54, 1.807) is 24.1 Å². The molecule has 1 atom stereocenters. The van der Waals surface area contributed by atoms with Gasteiger partial charge >= 0.3 is 6.03 Å². The molecule has 6 heteroatoms. The lowest BCUT2D eigenvalue weighted by Crippen LogP contribution is -2.45. The Kier molecular flexibility index (Phi) is 6.31. The molecule has 2 N–H and O–H groups in total. The van der Waals surface area contributed by atoms with Gasteiger partial charge in [0.15, 0.2) is 0 Å². The predicted molar refractivity (Wildman–Crippen MR) is 113 cm³/mol. The number of amides is 3. The number of benzene rings is 2. The first-order valence-corrected chi connectivity index (χ1v) is 9.64. The quantitative estimate of drug-likeness (QED) is 0.837. The van der Waals surface area contributed by atoms with Crippen LogP contribution in [0, 0.1) is 0 Å². The summed E-state index contributed by atoms with van der Waals surface area (Å²) >= 11 is 0. The number of anilines is 2. The molecule has 0 saturated carbocycles. The van der Waals surface area contributed by atoms with Gasteiger partial charge in [0, 0.05) is 51.0 Å². The van der Waals surface area contributed by atoms with E-state index in [0.29, 0.717) is 12.2 Å². The molecule has 1 heterocycles. The van der Waals surface area contributed by atoms with Crippen LogP contribution in [-0.2, 0) is 17.8 Å². The summed E-state index contributed by atoms with van der Waals surface area (Å²) in [5, 5.41) is 5.79.